The molecule has 6 nitrogen and oxygen atoms in total. The van der Waals surface area contributed by atoms with Crippen LogP contribution in [0, 0.1) is 0 Å². The Morgan fingerprint density at radius 3 is 2.83 bits per heavy atom. The van der Waals surface area contributed by atoms with Gasteiger partial charge in [-0.15, -0.1) is 10.2 Å². The number of primary amides is 1. The third kappa shape index (κ3) is 4.21. The van der Waals surface area contributed by atoms with Crippen LogP contribution in [0.5, 0.6) is 0 Å². The predicted octanol–water partition coefficient (Wildman–Crippen LogP) is 1.85. The molecule has 1 amide bonds. The average Bonchev–Trinajstić information content (AvgIpc) is 2.89. The van der Waals surface area contributed by atoms with Crippen LogP contribution in [-0.2, 0) is 17.9 Å². The van der Waals surface area contributed by atoms with E-state index in [-0.39, 0.29) is 18.8 Å². The van der Waals surface area contributed by atoms with Crippen LogP contribution >= 0.6 is 0 Å². The molecular weight excluding hydrogens is 311 g/mol. The van der Waals surface area contributed by atoms with Crippen molar-refractivity contribution in [2.45, 2.75) is 70.3 Å². The highest BCUT2D eigenvalue weighted by Gasteiger charge is 2.45. The second kappa shape index (κ2) is 7.29. The second-order valence-electron chi connectivity index (χ2n) is 5.84. The van der Waals surface area contributed by atoms with Crippen LogP contribution in [0.2, 0.25) is 0 Å². The van der Waals surface area contributed by atoms with Gasteiger partial charge in [0.15, 0.2) is 0 Å². The maximum atomic E-state index is 13.0. The number of carbonyl (C=O) groups excluding carboxylic acids is 1. The number of nitrogens with two attached hydrogens (primary N) is 1. The van der Waals surface area contributed by atoms with E-state index in [0.717, 1.165) is 12.8 Å². The Kier molecular flexibility index (Phi) is 5.61. The smallest absolute Gasteiger partial charge is 0.368 e. The van der Waals surface area contributed by atoms with Crippen LogP contribution in [0.15, 0.2) is 0 Å². The molecule has 130 valence electrons. The molecule has 1 aromatic rings. The maximum absolute atomic E-state index is 13.0. The minimum Gasteiger partial charge on any atom is -0.368 e. The van der Waals surface area contributed by atoms with Gasteiger partial charge in [0.05, 0.1) is 12.6 Å². The van der Waals surface area contributed by atoms with Crippen molar-refractivity contribution in [3.05, 3.63) is 11.6 Å². The SMILES string of the molecule is CCCC[C@H](NCc1nnc2n1CCC[C@@H]2C(F)(F)F)C(N)=O. The van der Waals surface area contributed by atoms with Crippen LogP contribution < -0.4 is 11.1 Å². The van der Waals surface area contributed by atoms with Gasteiger partial charge in [-0.25, -0.2) is 0 Å². The van der Waals surface area contributed by atoms with E-state index in [1.54, 1.807) is 0 Å². The number of carbonyl (C=O) groups is 1. The van der Waals surface area contributed by atoms with E-state index in [4.69, 9.17) is 5.73 Å². The normalized spacial score (nSPS) is 19.4. The highest BCUT2D eigenvalue weighted by molar-refractivity contribution is 5.79. The summed E-state index contributed by atoms with van der Waals surface area (Å²) in [7, 11) is 0. The molecule has 1 aromatic heterocycles. The van der Waals surface area contributed by atoms with E-state index >= 15 is 0 Å². The fourth-order valence-electron chi connectivity index (χ4n) is 2.84. The third-order valence-electron chi connectivity index (χ3n) is 4.13. The highest BCUT2D eigenvalue weighted by Crippen LogP contribution is 2.40. The first-order valence-corrected chi connectivity index (χ1v) is 7.86. The van der Waals surface area contributed by atoms with E-state index < -0.39 is 24.0 Å². The van der Waals surface area contributed by atoms with Crippen molar-refractivity contribution in [1.29, 1.82) is 0 Å². The topological polar surface area (TPSA) is 85.8 Å². The molecule has 0 aromatic carbocycles. The molecule has 9 heteroatoms. The number of rotatable bonds is 7. The van der Waals surface area contributed by atoms with Crippen LogP contribution in [0.3, 0.4) is 0 Å². The van der Waals surface area contributed by atoms with Crippen LogP contribution in [0.4, 0.5) is 13.2 Å². The lowest BCUT2D eigenvalue weighted by Gasteiger charge is -2.25. The first-order valence-electron chi connectivity index (χ1n) is 7.86. The Labute approximate surface area is 132 Å². The number of hydrogen-bond acceptors (Lipinski definition) is 4. The lowest BCUT2D eigenvalue weighted by molar-refractivity contribution is -0.156. The van der Waals surface area contributed by atoms with Gasteiger partial charge in [0.1, 0.15) is 17.6 Å². The summed E-state index contributed by atoms with van der Waals surface area (Å²) in [5, 5.41) is 10.6. The van der Waals surface area contributed by atoms with E-state index in [1.165, 1.54) is 4.57 Å². The monoisotopic (exact) mass is 333 g/mol. The Morgan fingerprint density at radius 1 is 1.48 bits per heavy atom. The van der Waals surface area contributed by atoms with Crippen molar-refractivity contribution in [2.24, 2.45) is 5.73 Å². The lowest BCUT2D eigenvalue weighted by Crippen LogP contribution is -2.41. The Balaban J connectivity index is 2.08. The summed E-state index contributed by atoms with van der Waals surface area (Å²) in [6, 6.07) is -0.509. The molecule has 3 N–H and O–H groups in total. The number of hydrogen-bond donors (Lipinski definition) is 2. The van der Waals surface area contributed by atoms with Crippen molar-refractivity contribution in [3.63, 3.8) is 0 Å². The first kappa shape index (κ1) is 17.7. The molecule has 23 heavy (non-hydrogen) atoms. The molecule has 0 saturated heterocycles. The fourth-order valence-corrected chi connectivity index (χ4v) is 2.84. The zero-order valence-electron chi connectivity index (χ0n) is 13.1. The van der Waals surface area contributed by atoms with E-state index in [1.807, 2.05) is 6.92 Å². The van der Waals surface area contributed by atoms with Crippen LogP contribution in [0.1, 0.15) is 56.6 Å². The number of alkyl halides is 3. The van der Waals surface area contributed by atoms with Gasteiger partial charge in [-0.1, -0.05) is 19.8 Å². The largest absolute Gasteiger partial charge is 0.398 e. The molecule has 2 heterocycles. The minimum absolute atomic E-state index is 0.0372. The van der Waals surface area contributed by atoms with Gasteiger partial charge in [0.25, 0.3) is 0 Å². The molecule has 1 aliphatic heterocycles. The standard InChI is InChI=1S/C14H22F3N5O/c1-2-3-6-10(12(18)23)19-8-11-20-21-13-9(14(15,16)17)5-4-7-22(11)13/h9-10,19H,2-8H2,1H3,(H2,18,23)/t9-,10-/m0/s1. The number of halogens is 3. The second-order valence-corrected chi connectivity index (χ2v) is 5.84. The molecule has 2 rings (SSSR count). The molecule has 0 radical (unpaired) electrons. The number of nitrogens with zero attached hydrogens (tertiary/aromatic N) is 3. The zero-order chi connectivity index (χ0) is 17.0. The zero-order valence-corrected chi connectivity index (χ0v) is 13.1. The van der Waals surface area contributed by atoms with Gasteiger partial charge in [-0.2, -0.15) is 13.2 Å². The number of fused-ring (bicyclic) bond motifs is 1. The summed E-state index contributed by atoms with van der Waals surface area (Å²) in [6.45, 7) is 2.64. The molecule has 2 atom stereocenters. The average molecular weight is 333 g/mol. The molecule has 0 unspecified atom stereocenters. The quantitative estimate of drug-likeness (QED) is 0.797. The van der Waals surface area contributed by atoms with Crippen molar-refractivity contribution < 1.29 is 18.0 Å². The Morgan fingerprint density at radius 2 is 2.22 bits per heavy atom. The molecule has 0 aliphatic carbocycles. The molecule has 0 spiro atoms. The van der Waals surface area contributed by atoms with Crippen molar-refractivity contribution in [2.75, 3.05) is 0 Å². The van der Waals surface area contributed by atoms with Gasteiger partial charge < -0.3 is 10.3 Å². The number of unbranched alkanes of at least 4 members (excludes halogenated alkanes) is 1. The van der Waals surface area contributed by atoms with Gasteiger partial charge in [-0.05, 0) is 19.3 Å². The van der Waals surface area contributed by atoms with Gasteiger partial charge >= 0.3 is 6.18 Å². The van der Waals surface area contributed by atoms with Crippen molar-refractivity contribution in [1.82, 2.24) is 20.1 Å². The molecule has 0 bridgehead atoms. The summed E-state index contributed by atoms with van der Waals surface area (Å²) in [5.74, 6) is -1.66. The molecule has 0 saturated carbocycles. The molecule has 1 aliphatic rings. The summed E-state index contributed by atoms with van der Waals surface area (Å²) >= 11 is 0. The highest BCUT2D eigenvalue weighted by atomic mass is 19.4. The summed E-state index contributed by atoms with van der Waals surface area (Å²) in [6.07, 6.45) is -1.48. The number of amides is 1. The predicted molar refractivity (Wildman–Crippen MR) is 77.4 cm³/mol. The van der Waals surface area contributed by atoms with E-state index in [2.05, 4.69) is 15.5 Å². The fraction of sp³-hybridized carbons (Fsp3) is 0.786. The van der Waals surface area contributed by atoms with E-state index in [9.17, 15) is 18.0 Å². The van der Waals surface area contributed by atoms with Crippen LogP contribution in [-0.4, -0.2) is 32.9 Å². The summed E-state index contributed by atoms with van der Waals surface area (Å²) in [5.41, 5.74) is 5.34. The van der Waals surface area contributed by atoms with Gasteiger partial charge in [0, 0.05) is 6.54 Å². The maximum Gasteiger partial charge on any atom is 0.398 e. The molecule has 0 fully saturated rings. The van der Waals surface area contributed by atoms with Crippen LogP contribution in [0.25, 0.3) is 0 Å². The third-order valence-corrected chi connectivity index (χ3v) is 4.13. The van der Waals surface area contributed by atoms with Gasteiger partial charge in [-0.3, -0.25) is 10.1 Å². The Hall–Kier alpha value is -1.64. The number of aromatic nitrogens is 3. The van der Waals surface area contributed by atoms with Crippen molar-refractivity contribution in [3.8, 4) is 0 Å². The lowest BCUT2D eigenvalue weighted by atomic mass is 9.98. The molecular formula is C14H22F3N5O. The summed E-state index contributed by atoms with van der Waals surface area (Å²) < 4.78 is 40.6. The van der Waals surface area contributed by atoms with Gasteiger partial charge in [0.2, 0.25) is 5.91 Å². The number of nitrogens with one attached hydrogen (secondary N) is 1. The van der Waals surface area contributed by atoms with Crippen molar-refractivity contribution >= 4 is 5.91 Å². The summed E-state index contributed by atoms with van der Waals surface area (Å²) in [4.78, 5) is 11.4. The van der Waals surface area contributed by atoms with E-state index in [0.29, 0.717) is 25.2 Å². The Bertz CT molecular complexity index is 543. The first-order chi connectivity index (χ1) is 10.8. The minimum atomic E-state index is -4.31.